The molecule has 4 rings (SSSR count). The molecule has 0 saturated heterocycles. The minimum Gasteiger partial charge on any atom is -0.406 e. The van der Waals surface area contributed by atoms with Crippen molar-refractivity contribution in [3.05, 3.63) is 89.5 Å². The number of amides is 1. The van der Waals surface area contributed by atoms with Crippen LogP contribution in [0.1, 0.15) is 36.9 Å². The molecule has 1 aliphatic heterocycles. The van der Waals surface area contributed by atoms with Gasteiger partial charge in [-0.05, 0) is 47.4 Å². The number of benzene rings is 3. The highest BCUT2D eigenvalue weighted by Gasteiger charge is 2.39. The van der Waals surface area contributed by atoms with Gasteiger partial charge in [0.05, 0.1) is 17.5 Å². The Morgan fingerprint density at radius 2 is 1.54 bits per heavy atom. The van der Waals surface area contributed by atoms with Gasteiger partial charge in [-0.2, -0.15) is 0 Å². The van der Waals surface area contributed by atoms with Crippen molar-refractivity contribution in [1.82, 2.24) is 4.90 Å². The summed E-state index contributed by atoms with van der Waals surface area (Å²) in [6.45, 7) is 2.49. The first-order valence-electron chi connectivity index (χ1n) is 11.8. The molecule has 0 bridgehead atoms. The molecule has 0 aromatic heterocycles. The molecule has 1 heterocycles. The van der Waals surface area contributed by atoms with E-state index in [4.69, 9.17) is 0 Å². The van der Waals surface area contributed by atoms with Crippen molar-refractivity contribution in [2.24, 2.45) is 10.9 Å². The zero-order chi connectivity index (χ0) is 26.7. The van der Waals surface area contributed by atoms with Crippen LogP contribution in [0.15, 0.2) is 71.7 Å². The summed E-state index contributed by atoms with van der Waals surface area (Å²) < 4.78 is 70.2. The number of halogens is 5. The Labute approximate surface area is 211 Å². The van der Waals surface area contributed by atoms with Gasteiger partial charge in [0.1, 0.15) is 17.4 Å². The van der Waals surface area contributed by atoms with Crippen molar-refractivity contribution in [3.8, 4) is 16.9 Å². The van der Waals surface area contributed by atoms with E-state index in [9.17, 15) is 26.7 Å². The van der Waals surface area contributed by atoms with Gasteiger partial charge in [0.15, 0.2) is 0 Å². The van der Waals surface area contributed by atoms with Crippen LogP contribution in [0.25, 0.3) is 11.1 Å². The van der Waals surface area contributed by atoms with Crippen LogP contribution in [0, 0.1) is 17.6 Å². The molecular weight excluding hydrogens is 491 g/mol. The highest BCUT2D eigenvalue weighted by Crippen LogP contribution is 2.39. The van der Waals surface area contributed by atoms with Crippen LogP contribution in [0.2, 0.25) is 0 Å². The van der Waals surface area contributed by atoms with Crippen molar-refractivity contribution in [1.29, 1.82) is 0 Å². The maximum Gasteiger partial charge on any atom is 0.573 e. The number of carbonyl (C=O) groups excluding carboxylic acids is 1. The first-order chi connectivity index (χ1) is 17.6. The fraction of sp³-hybridized carbons (Fsp3) is 0.286. The molecule has 3 aromatic carbocycles. The molecule has 9 heteroatoms. The molecule has 0 unspecified atom stereocenters. The van der Waals surface area contributed by atoms with Crippen molar-refractivity contribution in [2.45, 2.75) is 32.2 Å². The number of hydrogen-bond donors (Lipinski definition) is 0. The number of ether oxygens (including phenoxy) is 1. The standard InChI is InChI=1S/C28H25F5N2O2/c1-3-15-35(2)27(36)21-16-24(25-22(29)5-4-6-23(25)30)34-26(21)19-9-7-17(8-10-19)18-11-13-20(14-12-18)37-28(31,32)33/h4-14,21,26H,3,15-16H2,1-2H3/t21-,26-/m0/s1. The Morgan fingerprint density at radius 3 is 2.08 bits per heavy atom. The van der Waals surface area contributed by atoms with E-state index in [0.29, 0.717) is 17.7 Å². The normalized spacial score (nSPS) is 17.4. The third-order valence-electron chi connectivity index (χ3n) is 6.27. The monoisotopic (exact) mass is 516 g/mol. The SMILES string of the molecule is CCCN(C)C(=O)[C@H]1CC(c2c(F)cccc2F)=N[C@H]1c1ccc(-c2ccc(OC(F)(F)F)cc2)cc1. The molecule has 0 N–H and O–H groups in total. The maximum atomic E-state index is 14.5. The Balaban J connectivity index is 1.64. The summed E-state index contributed by atoms with van der Waals surface area (Å²) in [4.78, 5) is 19.5. The molecule has 0 saturated carbocycles. The fourth-order valence-corrected chi connectivity index (χ4v) is 4.55. The second-order valence-electron chi connectivity index (χ2n) is 8.88. The van der Waals surface area contributed by atoms with E-state index in [1.807, 2.05) is 6.92 Å². The fourth-order valence-electron chi connectivity index (χ4n) is 4.55. The molecule has 0 fully saturated rings. The number of hydrogen-bond acceptors (Lipinski definition) is 3. The highest BCUT2D eigenvalue weighted by molar-refractivity contribution is 6.05. The molecule has 37 heavy (non-hydrogen) atoms. The van der Waals surface area contributed by atoms with Gasteiger partial charge in [-0.15, -0.1) is 13.2 Å². The summed E-state index contributed by atoms with van der Waals surface area (Å²) >= 11 is 0. The molecule has 4 nitrogen and oxygen atoms in total. The average molecular weight is 517 g/mol. The lowest BCUT2D eigenvalue weighted by molar-refractivity contribution is -0.274. The van der Waals surface area contributed by atoms with Gasteiger partial charge in [0.25, 0.3) is 0 Å². The van der Waals surface area contributed by atoms with Gasteiger partial charge < -0.3 is 9.64 Å². The van der Waals surface area contributed by atoms with Gasteiger partial charge in [0.2, 0.25) is 5.91 Å². The number of rotatable bonds is 7. The minimum atomic E-state index is -4.77. The predicted molar refractivity (Wildman–Crippen MR) is 130 cm³/mol. The molecular formula is C28H25F5N2O2. The van der Waals surface area contributed by atoms with Crippen LogP contribution in [0.4, 0.5) is 22.0 Å². The predicted octanol–water partition coefficient (Wildman–Crippen LogP) is 6.95. The lowest BCUT2D eigenvalue weighted by Crippen LogP contribution is -2.35. The van der Waals surface area contributed by atoms with E-state index in [-0.39, 0.29) is 29.4 Å². The van der Waals surface area contributed by atoms with E-state index in [2.05, 4.69) is 9.73 Å². The smallest absolute Gasteiger partial charge is 0.406 e. The molecule has 1 amide bonds. The summed E-state index contributed by atoms with van der Waals surface area (Å²) in [5, 5.41) is 0. The molecule has 194 valence electrons. The topological polar surface area (TPSA) is 41.9 Å². The molecule has 0 radical (unpaired) electrons. The first kappa shape index (κ1) is 26.3. The van der Waals surface area contributed by atoms with Gasteiger partial charge in [0, 0.05) is 25.7 Å². The Kier molecular flexibility index (Phi) is 7.61. The van der Waals surface area contributed by atoms with E-state index in [1.54, 1.807) is 36.2 Å². The molecule has 2 atom stereocenters. The van der Waals surface area contributed by atoms with Crippen molar-refractivity contribution in [3.63, 3.8) is 0 Å². The number of aliphatic imine (C=N–C) groups is 1. The highest BCUT2D eigenvalue weighted by atomic mass is 19.4. The third kappa shape index (κ3) is 5.98. The van der Waals surface area contributed by atoms with Crippen LogP contribution < -0.4 is 4.74 Å². The van der Waals surface area contributed by atoms with Gasteiger partial charge in [-0.1, -0.05) is 49.4 Å². The zero-order valence-corrected chi connectivity index (χ0v) is 20.2. The van der Waals surface area contributed by atoms with E-state index < -0.39 is 30.0 Å². The second-order valence-corrected chi connectivity index (χ2v) is 8.88. The summed E-state index contributed by atoms with van der Waals surface area (Å²) in [6, 6.07) is 15.5. The van der Waals surface area contributed by atoms with Crippen molar-refractivity contribution in [2.75, 3.05) is 13.6 Å². The Morgan fingerprint density at radius 1 is 0.973 bits per heavy atom. The summed E-state index contributed by atoms with van der Waals surface area (Å²) in [6.07, 6.45) is -3.91. The number of nitrogens with zero attached hydrogens (tertiary/aromatic N) is 2. The summed E-state index contributed by atoms with van der Waals surface area (Å²) in [7, 11) is 1.69. The van der Waals surface area contributed by atoms with Crippen LogP contribution in [-0.4, -0.2) is 36.5 Å². The van der Waals surface area contributed by atoms with Gasteiger partial charge in [-0.3, -0.25) is 9.79 Å². The molecule has 0 spiro atoms. The maximum absolute atomic E-state index is 14.5. The first-order valence-corrected chi connectivity index (χ1v) is 11.8. The van der Waals surface area contributed by atoms with E-state index in [0.717, 1.165) is 24.1 Å². The average Bonchev–Trinajstić information content (AvgIpc) is 3.28. The van der Waals surface area contributed by atoms with Gasteiger partial charge >= 0.3 is 6.36 Å². The molecule has 1 aliphatic rings. The Hall–Kier alpha value is -3.75. The Bertz CT molecular complexity index is 1270. The third-order valence-corrected chi connectivity index (χ3v) is 6.27. The summed E-state index contributed by atoms with van der Waals surface area (Å²) in [5.41, 5.74) is 2.07. The number of carbonyl (C=O) groups is 1. The van der Waals surface area contributed by atoms with Crippen LogP contribution in [-0.2, 0) is 4.79 Å². The van der Waals surface area contributed by atoms with Crippen LogP contribution in [0.3, 0.4) is 0 Å². The summed E-state index contributed by atoms with van der Waals surface area (Å²) in [5.74, 6) is -2.58. The molecule has 3 aromatic rings. The van der Waals surface area contributed by atoms with Gasteiger partial charge in [-0.25, -0.2) is 8.78 Å². The number of alkyl halides is 3. The largest absolute Gasteiger partial charge is 0.573 e. The van der Waals surface area contributed by atoms with Crippen molar-refractivity contribution >= 4 is 11.6 Å². The van der Waals surface area contributed by atoms with Crippen molar-refractivity contribution < 1.29 is 31.5 Å². The second kappa shape index (κ2) is 10.7. The lowest BCUT2D eigenvalue weighted by atomic mass is 9.89. The van der Waals surface area contributed by atoms with E-state index in [1.165, 1.54) is 30.3 Å². The van der Waals surface area contributed by atoms with Crippen LogP contribution >= 0.6 is 0 Å². The zero-order valence-electron chi connectivity index (χ0n) is 20.2. The lowest BCUT2D eigenvalue weighted by Gasteiger charge is -2.24. The minimum absolute atomic E-state index is 0.0951. The van der Waals surface area contributed by atoms with E-state index >= 15 is 0 Å². The quantitative estimate of drug-likeness (QED) is 0.319. The molecule has 0 aliphatic carbocycles. The van der Waals surface area contributed by atoms with Crippen LogP contribution in [0.5, 0.6) is 5.75 Å².